The Bertz CT molecular complexity index is 7470. The van der Waals surface area contributed by atoms with Crippen molar-refractivity contribution < 1.29 is 78.3 Å². The van der Waals surface area contributed by atoms with E-state index in [2.05, 4.69) is 25.5 Å². The van der Waals surface area contributed by atoms with E-state index in [0.29, 0.717) is 142 Å². The molecule has 8 aromatic carbocycles. The lowest BCUT2D eigenvalue weighted by Gasteiger charge is -2.22. The fraction of sp³-hybridized carbons (Fsp3) is 0.200. The van der Waals surface area contributed by atoms with Crippen LogP contribution in [-0.4, -0.2) is 163 Å². The summed E-state index contributed by atoms with van der Waals surface area (Å²) in [5.41, 5.74) is 11.7. The highest BCUT2D eigenvalue weighted by molar-refractivity contribution is 9.10. The van der Waals surface area contributed by atoms with E-state index in [-0.39, 0.29) is 66.4 Å². The molecule has 16 rings (SSSR count). The van der Waals surface area contributed by atoms with Crippen molar-refractivity contribution in [2.75, 3.05) is 102 Å². The molecule has 0 saturated carbocycles. The van der Waals surface area contributed by atoms with Crippen molar-refractivity contribution in [3.05, 3.63) is 261 Å². The van der Waals surface area contributed by atoms with Gasteiger partial charge in [0.15, 0.2) is 21.7 Å². The summed E-state index contributed by atoms with van der Waals surface area (Å²) in [4.78, 5) is 109. The van der Waals surface area contributed by atoms with Crippen molar-refractivity contribution in [3.63, 3.8) is 0 Å². The van der Waals surface area contributed by atoms with Crippen LogP contribution in [0.5, 0.6) is 0 Å². The van der Waals surface area contributed by atoms with E-state index in [1.54, 1.807) is 174 Å². The number of carbonyl (C=O) groups excluding carboxylic acids is 3. The van der Waals surface area contributed by atoms with Crippen LogP contribution in [0.4, 0.5) is 22.7 Å². The van der Waals surface area contributed by atoms with Gasteiger partial charge < -0.3 is 80.2 Å². The summed E-state index contributed by atoms with van der Waals surface area (Å²) in [5, 5.41) is 36.2. The lowest BCUT2D eigenvalue weighted by molar-refractivity contribution is -0.144. The van der Waals surface area contributed by atoms with E-state index in [0.717, 1.165) is 50.4 Å². The fourth-order valence-electron chi connectivity index (χ4n) is 14.7. The van der Waals surface area contributed by atoms with Crippen LogP contribution in [0.1, 0.15) is 13.8 Å². The Morgan fingerprint density at radius 3 is 0.953 bits per heavy atom. The Morgan fingerprint density at radius 2 is 0.698 bits per heavy atom. The van der Waals surface area contributed by atoms with Crippen LogP contribution in [-0.2, 0) is 74.9 Å². The first-order chi connectivity index (χ1) is 61.0. The van der Waals surface area contributed by atoms with Gasteiger partial charge in [-0.25, -0.2) is 22.0 Å². The number of nitrogens with zero attached hydrogens (tertiary/aromatic N) is 8. The standard InChI is InChI=1S/C23H21ClN2O4.C22H20ClN3O5S.C21H17ClN2O4.C19H18BrClN2O3.C4H5BO3.CH5NO2S/c1-4-30-20(27)12-26-19-11-14(15-9-10-29-13-15)5-6-16(19)23(28)17-7-8-18(24)22(21(17)26)25(2)3;1-25(2)21-17(23)7-6-16-20(21)26(11-19(27)24-32(3,29)30)18-10-13(14-8-9-31-12-14)4-5-15(18)22(16)28;1-23(2)20-16(22)6-5-15-19(20)24(10-18(25)26)17-9-12(13-7-8-28-11-13)3-4-14(17)21(15)27;1-4-26-16(24)10-23-15-9-11(20)5-6-12(15)19(25)13-7-8-14(21)18(17(13)23)22(2)3;6-5(7)4-1-2-8-3-4;1-5(2,3)4/h5-11,13H,4,12H2,1-3H3;4-10,12H,11H2,1-3H3,(H,24,27);3-9,11H,10H2,1-2H3,(H,25,26);5-9H,4,10H2,1-3H3;1-3,6-7H;1H3,(H2,2,3,4). The minimum Gasteiger partial charge on any atom is -0.480 e. The molecule has 8 heterocycles. The Kier molecular flexibility index (Phi) is 30.9. The molecule has 39 heteroatoms. The van der Waals surface area contributed by atoms with Crippen LogP contribution in [0.2, 0.25) is 20.1 Å². The molecule has 0 unspecified atom stereocenters. The lowest BCUT2D eigenvalue weighted by Crippen LogP contribution is -2.33. The van der Waals surface area contributed by atoms with Crippen LogP contribution in [0, 0.1) is 0 Å². The second kappa shape index (κ2) is 41.2. The van der Waals surface area contributed by atoms with E-state index in [1.165, 1.54) is 24.9 Å². The minimum atomic E-state index is -3.76. The van der Waals surface area contributed by atoms with Crippen LogP contribution < -0.4 is 56.6 Å². The van der Waals surface area contributed by atoms with Crippen molar-refractivity contribution in [2.45, 2.75) is 40.0 Å². The third-order valence-corrected chi connectivity index (χ3v) is 22.1. The number of sulfonamides is 2. The number of nitrogens with two attached hydrogens (primary N) is 1. The van der Waals surface area contributed by atoms with Crippen molar-refractivity contribution in [1.82, 2.24) is 23.0 Å². The molecule has 0 fully saturated rings. The van der Waals surface area contributed by atoms with Crippen LogP contribution in [0.3, 0.4) is 0 Å². The Labute approximate surface area is 766 Å². The van der Waals surface area contributed by atoms with Gasteiger partial charge in [0, 0.05) is 126 Å². The second-order valence-corrected chi connectivity index (χ2v) is 35.8. The molecule has 16 aromatic rings. The number of fused-ring (bicyclic) bond motifs is 8. The maximum Gasteiger partial charge on any atom is 0.491 e. The number of aromatic nitrogens is 4. The van der Waals surface area contributed by atoms with Crippen molar-refractivity contribution >= 4 is 229 Å². The van der Waals surface area contributed by atoms with Gasteiger partial charge >= 0.3 is 25.0 Å². The number of amides is 1. The molecule has 0 bridgehead atoms. The van der Waals surface area contributed by atoms with Gasteiger partial charge in [0.25, 0.3) is 5.91 Å². The van der Waals surface area contributed by atoms with Gasteiger partial charge in [-0.2, -0.15) is 0 Å². The number of hydrogen-bond acceptors (Lipinski definition) is 24. The topological polar surface area (TPSA) is 407 Å². The van der Waals surface area contributed by atoms with Crippen LogP contribution in [0.25, 0.3) is 121 Å². The average Bonchev–Trinajstić information content (AvgIpc) is 1.58. The van der Waals surface area contributed by atoms with Gasteiger partial charge in [0.2, 0.25) is 20.0 Å². The third kappa shape index (κ3) is 22.2. The highest BCUT2D eigenvalue weighted by Crippen LogP contribution is 2.41. The normalized spacial score (nSPS) is 11.2. The van der Waals surface area contributed by atoms with Crippen molar-refractivity contribution in [2.24, 2.45) is 5.14 Å². The largest absolute Gasteiger partial charge is 0.491 e. The van der Waals surface area contributed by atoms with E-state index < -0.39 is 39.0 Å². The maximum atomic E-state index is 13.3. The Morgan fingerprint density at radius 1 is 0.419 bits per heavy atom. The van der Waals surface area contributed by atoms with Gasteiger partial charge in [-0.15, -0.1) is 0 Å². The van der Waals surface area contributed by atoms with Crippen molar-refractivity contribution in [1.29, 1.82) is 0 Å². The molecule has 0 saturated heterocycles. The predicted octanol–water partition coefficient (Wildman–Crippen LogP) is 14.2. The summed E-state index contributed by atoms with van der Waals surface area (Å²) in [6, 6.07) is 41.9. The number of esters is 2. The molecule has 672 valence electrons. The molecule has 0 aliphatic rings. The van der Waals surface area contributed by atoms with Gasteiger partial charge in [-0.05, 0) is 158 Å². The van der Waals surface area contributed by atoms with Gasteiger partial charge in [-0.1, -0.05) is 80.5 Å². The SMILES string of the molecule is CCOC(=O)Cn1c2cc(-c3ccoc3)ccc2c(=O)c2ccc(Cl)c(N(C)C)c21.CCOC(=O)Cn1c2cc(Br)ccc2c(=O)c2ccc(Cl)c(N(C)C)c21.CN(C)c1c(Cl)ccc2c(=O)c3ccc(-c4ccoc4)cc3n(CC(=O)NS(C)(=O)=O)c12.CN(C)c1c(Cl)ccc2c(=O)c3ccc(-c4ccoc4)cc3n(CC(=O)O)c12.CS(N)(=O)=O.OB(O)c1ccoc1. The lowest BCUT2D eigenvalue weighted by atomic mass is 9.83. The van der Waals surface area contributed by atoms with Gasteiger partial charge in [0.05, 0.1) is 163 Å². The average molecular weight is 1940 g/mol. The van der Waals surface area contributed by atoms with Crippen LogP contribution in [0.15, 0.2) is 237 Å². The zero-order valence-corrected chi connectivity index (χ0v) is 77.6. The summed E-state index contributed by atoms with van der Waals surface area (Å²) in [6.45, 7) is 3.39. The molecule has 1 amide bonds. The summed E-state index contributed by atoms with van der Waals surface area (Å²) in [7, 11) is 6.24. The number of carbonyl (C=O) groups is 4. The number of carboxylic acid groups (broad SMARTS) is 1. The number of carboxylic acids is 1. The monoisotopic (exact) mass is 1940 g/mol. The molecule has 0 radical (unpaired) electrons. The molecule has 0 aliphatic heterocycles. The van der Waals surface area contributed by atoms with Gasteiger partial charge in [0.1, 0.15) is 26.2 Å². The minimum absolute atomic E-state index is 0.0151. The molecule has 129 heavy (non-hydrogen) atoms. The first kappa shape index (κ1) is 96.9. The van der Waals surface area contributed by atoms with E-state index >= 15 is 0 Å². The summed E-state index contributed by atoms with van der Waals surface area (Å²) < 4.78 is 82.2. The number of anilines is 4. The zero-order chi connectivity index (χ0) is 94.1. The first-order valence-electron chi connectivity index (χ1n) is 39.0. The number of pyridine rings is 4. The second-order valence-electron chi connectivity index (χ2n) is 29.9. The van der Waals surface area contributed by atoms with Crippen molar-refractivity contribution in [3.8, 4) is 33.4 Å². The number of aliphatic carboxylic acids is 1. The molecule has 31 nitrogen and oxygen atoms in total. The number of rotatable bonds is 19. The maximum absolute atomic E-state index is 13.3. The number of ether oxygens (including phenoxy) is 2. The first-order valence-corrected chi connectivity index (χ1v) is 45.1. The van der Waals surface area contributed by atoms with E-state index in [9.17, 15) is 60.3 Å². The Hall–Kier alpha value is -12.7. The summed E-state index contributed by atoms with van der Waals surface area (Å²) in [6.07, 6.45) is 14.0. The number of nitrogens with one attached hydrogen (secondary N) is 1. The predicted molar refractivity (Wildman–Crippen MR) is 512 cm³/mol. The number of primary sulfonamides is 1. The summed E-state index contributed by atoms with van der Waals surface area (Å²) in [5.74, 6) is -2.51. The van der Waals surface area contributed by atoms with Gasteiger partial charge in [-0.3, -0.25) is 43.1 Å². The quantitative estimate of drug-likeness (QED) is 0.0285. The number of benzene rings is 8. The molecule has 8 aromatic heterocycles. The van der Waals surface area contributed by atoms with Crippen LogP contribution >= 0.6 is 62.3 Å². The number of furan rings is 4. The molecular formula is C90H86BBrCl4N10O21S2. The smallest absolute Gasteiger partial charge is 0.480 e. The molecular weight excluding hydrogens is 1850 g/mol. The molecule has 0 spiro atoms. The van der Waals surface area contributed by atoms with E-state index in [1.807, 2.05) is 110 Å². The third-order valence-electron chi connectivity index (χ3n) is 19.8. The van der Waals surface area contributed by atoms with E-state index in [4.69, 9.17) is 79.2 Å². The highest BCUT2D eigenvalue weighted by Gasteiger charge is 2.27. The fourth-order valence-corrected chi connectivity index (χ4v) is 16.8. The Balaban J connectivity index is 0.000000159. The number of halogens is 5. The molecule has 0 atom stereocenters. The highest BCUT2D eigenvalue weighted by atomic mass is 79.9. The summed E-state index contributed by atoms with van der Waals surface area (Å²) >= 11 is 29.2. The number of hydrogen-bond donors (Lipinski definition) is 5. The molecule has 6 N–H and O–H groups in total. The zero-order valence-electron chi connectivity index (χ0n) is 71.3. The molecule has 0 aliphatic carbocycles.